The average Bonchev–Trinajstić information content (AvgIpc) is 3.48. The minimum Gasteiger partial charge on any atom is -0.462 e. The van der Waals surface area contributed by atoms with E-state index in [4.69, 9.17) is 14.2 Å². The fraction of sp³-hybridized carbons (Fsp3) is 0.855. The van der Waals surface area contributed by atoms with E-state index in [0.29, 0.717) is 19.3 Å². The van der Waals surface area contributed by atoms with Crippen LogP contribution >= 0.6 is 0 Å². The molecule has 0 bridgehead atoms. The standard InChI is InChI=1S/C76H140O6/c1-4-7-10-13-16-19-22-25-28-31-34-36-38-40-42-45-48-51-54-57-60-63-66-69-75(78)81-72-73(71-80-74(77)68-65-62-59-56-53-50-47-44-41-33-30-27-24-21-18-15-12-9-6-3)82-76(79)70-67-64-61-58-55-52-49-46-43-39-37-35-32-29-26-23-20-17-14-11-8-5-2/h22,25,27,30-31,34,38,40,73H,4-21,23-24,26,28-29,32-33,35-37,39,41-72H2,1-3H3/b25-22-,30-27-,34-31-,40-38-. The molecular weight excluding hydrogens is 1010 g/mol. The number of carbonyl (C=O) groups is 3. The lowest BCUT2D eigenvalue weighted by atomic mass is 10.0. The molecule has 0 heterocycles. The highest BCUT2D eigenvalue weighted by Gasteiger charge is 2.19. The smallest absolute Gasteiger partial charge is 0.306 e. The van der Waals surface area contributed by atoms with Crippen LogP contribution in [0.2, 0.25) is 0 Å². The van der Waals surface area contributed by atoms with Gasteiger partial charge in [0.05, 0.1) is 0 Å². The van der Waals surface area contributed by atoms with E-state index in [1.54, 1.807) is 0 Å². The van der Waals surface area contributed by atoms with E-state index in [1.807, 2.05) is 0 Å². The molecule has 6 heteroatoms. The van der Waals surface area contributed by atoms with Gasteiger partial charge in [-0.3, -0.25) is 14.4 Å². The third kappa shape index (κ3) is 68.2. The lowest BCUT2D eigenvalue weighted by molar-refractivity contribution is -0.167. The number of rotatable bonds is 68. The summed E-state index contributed by atoms with van der Waals surface area (Å²) >= 11 is 0. The van der Waals surface area contributed by atoms with E-state index in [0.717, 1.165) is 77.0 Å². The summed E-state index contributed by atoms with van der Waals surface area (Å²) in [7, 11) is 0. The summed E-state index contributed by atoms with van der Waals surface area (Å²) in [5.74, 6) is -0.851. The molecule has 6 nitrogen and oxygen atoms in total. The Labute approximate surface area is 511 Å². The van der Waals surface area contributed by atoms with Crippen molar-refractivity contribution in [3.63, 3.8) is 0 Å². The molecule has 0 aromatic carbocycles. The van der Waals surface area contributed by atoms with Crippen LogP contribution in [0.15, 0.2) is 48.6 Å². The van der Waals surface area contributed by atoms with Crippen LogP contribution in [0.3, 0.4) is 0 Å². The minimum atomic E-state index is -0.777. The molecule has 0 saturated carbocycles. The maximum atomic E-state index is 13.0. The number of ether oxygens (including phenoxy) is 3. The van der Waals surface area contributed by atoms with Gasteiger partial charge in [0.2, 0.25) is 0 Å². The van der Waals surface area contributed by atoms with Crippen molar-refractivity contribution in [2.75, 3.05) is 13.2 Å². The summed E-state index contributed by atoms with van der Waals surface area (Å²) in [6.45, 7) is 6.70. The van der Waals surface area contributed by atoms with Crippen LogP contribution < -0.4 is 0 Å². The molecule has 480 valence electrons. The van der Waals surface area contributed by atoms with E-state index in [2.05, 4.69) is 69.4 Å². The lowest BCUT2D eigenvalue weighted by Gasteiger charge is -2.18. The Morgan fingerprint density at radius 2 is 0.439 bits per heavy atom. The van der Waals surface area contributed by atoms with Crippen molar-refractivity contribution in [3.05, 3.63) is 48.6 Å². The number of allylic oxidation sites excluding steroid dienone is 8. The summed E-state index contributed by atoms with van der Waals surface area (Å²) in [6, 6.07) is 0. The van der Waals surface area contributed by atoms with Gasteiger partial charge in [-0.1, -0.05) is 345 Å². The van der Waals surface area contributed by atoms with Crippen molar-refractivity contribution in [2.24, 2.45) is 0 Å². The van der Waals surface area contributed by atoms with Crippen molar-refractivity contribution >= 4 is 17.9 Å². The first kappa shape index (κ1) is 79.4. The van der Waals surface area contributed by atoms with Gasteiger partial charge in [-0.25, -0.2) is 0 Å². The SMILES string of the molecule is CCCCCCC/C=C\C/C=C\C/C=C\CCCCCCCCCCC(=O)OCC(COC(=O)CCCCCCCCCCC/C=C\CCCCCCCC)OC(=O)CCCCCCCCCCCCCCCCCCCCCCCC. The van der Waals surface area contributed by atoms with Gasteiger partial charge < -0.3 is 14.2 Å². The zero-order valence-electron chi connectivity index (χ0n) is 55.3. The third-order valence-corrected chi connectivity index (χ3v) is 16.6. The molecule has 0 radical (unpaired) electrons. The predicted octanol–water partition coefficient (Wildman–Crippen LogP) is 25.3. The first-order valence-corrected chi connectivity index (χ1v) is 36.6. The van der Waals surface area contributed by atoms with Crippen molar-refractivity contribution in [2.45, 2.75) is 406 Å². The van der Waals surface area contributed by atoms with E-state index in [9.17, 15) is 14.4 Å². The van der Waals surface area contributed by atoms with Gasteiger partial charge in [-0.15, -0.1) is 0 Å². The number of esters is 3. The second-order valence-corrected chi connectivity index (χ2v) is 24.9. The Balaban J connectivity index is 4.34. The van der Waals surface area contributed by atoms with Gasteiger partial charge in [0.1, 0.15) is 13.2 Å². The van der Waals surface area contributed by atoms with Gasteiger partial charge in [0, 0.05) is 19.3 Å². The third-order valence-electron chi connectivity index (χ3n) is 16.6. The van der Waals surface area contributed by atoms with E-state index in [-0.39, 0.29) is 31.1 Å². The van der Waals surface area contributed by atoms with Crippen LogP contribution in [-0.2, 0) is 28.6 Å². The summed E-state index contributed by atoms with van der Waals surface area (Å²) in [5.41, 5.74) is 0. The van der Waals surface area contributed by atoms with Crippen molar-refractivity contribution < 1.29 is 28.6 Å². The van der Waals surface area contributed by atoms with Crippen LogP contribution in [0, 0.1) is 0 Å². The van der Waals surface area contributed by atoms with Gasteiger partial charge in [0.25, 0.3) is 0 Å². The molecule has 0 aliphatic carbocycles. The summed E-state index contributed by atoms with van der Waals surface area (Å²) < 4.78 is 17.0. The number of unbranched alkanes of at least 4 members (excludes halogenated alkanes) is 49. The molecule has 0 spiro atoms. The molecule has 0 aliphatic heterocycles. The van der Waals surface area contributed by atoms with Crippen LogP contribution in [0.5, 0.6) is 0 Å². The van der Waals surface area contributed by atoms with Gasteiger partial charge in [0.15, 0.2) is 6.10 Å². The van der Waals surface area contributed by atoms with E-state index >= 15 is 0 Å². The van der Waals surface area contributed by atoms with Gasteiger partial charge >= 0.3 is 17.9 Å². The fourth-order valence-electron chi connectivity index (χ4n) is 11.0. The maximum absolute atomic E-state index is 13.0. The number of hydrogen-bond donors (Lipinski definition) is 0. The molecule has 1 unspecified atom stereocenters. The Kier molecular flexibility index (Phi) is 68.6. The van der Waals surface area contributed by atoms with E-state index in [1.165, 1.54) is 283 Å². The average molecular weight is 1150 g/mol. The predicted molar refractivity (Wildman–Crippen MR) is 358 cm³/mol. The Hall–Kier alpha value is -2.63. The molecule has 0 rings (SSSR count). The monoisotopic (exact) mass is 1150 g/mol. The van der Waals surface area contributed by atoms with Crippen molar-refractivity contribution in [1.29, 1.82) is 0 Å². The molecule has 82 heavy (non-hydrogen) atoms. The Bertz CT molecular complexity index is 1410. The first-order valence-electron chi connectivity index (χ1n) is 36.6. The van der Waals surface area contributed by atoms with E-state index < -0.39 is 6.10 Å². The largest absolute Gasteiger partial charge is 0.462 e. The quantitative estimate of drug-likeness (QED) is 0.0261. The topological polar surface area (TPSA) is 78.9 Å². The fourth-order valence-corrected chi connectivity index (χ4v) is 11.0. The van der Waals surface area contributed by atoms with Gasteiger partial charge in [-0.2, -0.15) is 0 Å². The second kappa shape index (κ2) is 70.9. The van der Waals surface area contributed by atoms with Crippen molar-refractivity contribution in [3.8, 4) is 0 Å². The van der Waals surface area contributed by atoms with Crippen LogP contribution in [-0.4, -0.2) is 37.2 Å². The molecule has 1 atom stereocenters. The van der Waals surface area contributed by atoms with Crippen LogP contribution in [0.1, 0.15) is 400 Å². The molecule has 0 aromatic rings. The molecule has 0 aromatic heterocycles. The van der Waals surface area contributed by atoms with Gasteiger partial charge in [-0.05, 0) is 83.5 Å². The number of carbonyl (C=O) groups excluding carboxylic acids is 3. The Morgan fingerprint density at radius 1 is 0.244 bits per heavy atom. The Morgan fingerprint density at radius 3 is 0.695 bits per heavy atom. The first-order chi connectivity index (χ1) is 40.5. The summed E-state index contributed by atoms with van der Waals surface area (Å²) in [5, 5.41) is 0. The highest BCUT2D eigenvalue weighted by molar-refractivity contribution is 5.71. The molecule has 0 fully saturated rings. The molecular formula is C76H140O6. The normalized spacial score (nSPS) is 12.3. The highest BCUT2D eigenvalue weighted by Crippen LogP contribution is 2.18. The van der Waals surface area contributed by atoms with Crippen molar-refractivity contribution in [1.82, 2.24) is 0 Å². The minimum absolute atomic E-state index is 0.0722. The number of hydrogen-bond acceptors (Lipinski definition) is 6. The maximum Gasteiger partial charge on any atom is 0.306 e. The second-order valence-electron chi connectivity index (χ2n) is 24.9. The molecule has 0 N–H and O–H groups in total. The molecule has 0 saturated heterocycles. The summed E-state index contributed by atoms with van der Waals surface area (Å²) in [6.07, 6.45) is 89.9. The zero-order chi connectivity index (χ0) is 59.2. The van der Waals surface area contributed by atoms with Crippen LogP contribution in [0.4, 0.5) is 0 Å². The van der Waals surface area contributed by atoms with Crippen LogP contribution in [0.25, 0.3) is 0 Å². The molecule has 0 amide bonds. The summed E-state index contributed by atoms with van der Waals surface area (Å²) in [4.78, 5) is 38.5. The highest BCUT2D eigenvalue weighted by atomic mass is 16.6. The lowest BCUT2D eigenvalue weighted by Crippen LogP contribution is -2.30. The molecule has 0 aliphatic rings. The zero-order valence-corrected chi connectivity index (χ0v) is 55.3.